The molecule has 3 aliphatic rings. The van der Waals surface area contributed by atoms with E-state index in [1.165, 1.54) is 13.3 Å². The number of ether oxygens (including phenoxy) is 3. The number of allylic oxidation sites excluding steroid dienone is 2. The number of carbonyl (C=O) groups is 3. The van der Waals surface area contributed by atoms with Gasteiger partial charge in [0, 0.05) is 0 Å². The minimum Gasteiger partial charge on any atom is -0.490 e. The van der Waals surface area contributed by atoms with Gasteiger partial charge < -0.3 is 14.2 Å². The average molecular weight is 398 g/mol. The standard InChI is InChI=1S/C21H22N2O6/c1-3-28-16-8-12(4-7-15(16)29-11-17(24)27-2)10-22-23-20(25)18-13-5-6-14(9-13)19(18)21(23)26/h4-8,10,13-14,18-19H,3,9,11H2,1-2H3. The highest BCUT2D eigenvalue weighted by Crippen LogP contribution is 2.52. The first-order valence-electron chi connectivity index (χ1n) is 9.60. The van der Waals surface area contributed by atoms with Crippen molar-refractivity contribution < 1.29 is 28.6 Å². The zero-order chi connectivity index (χ0) is 20.5. The van der Waals surface area contributed by atoms with Crippen molar-refractivity contribution in [3.63, 3.8) is 0 Å². The van der Waals surface area contributed by atoms with E-state index >= 15 is 0 Å². The monoisotopic (exact) mass is 398 g/mol. The maximum Gasteiger partial charge on any atom is 0.343 e. The summed E-state index contributed by atoms with van der Waals surface area (Å²) >= 11 is 0. The Balaban J connectivity index is 1.50. The van der Waals surface area contributed by atoms with E-state index in [4.69, 9.17) is 9.47 Å². The van der Waals surface area contributed by atoms with E-state index in [1.54, 1.807) is 18.2 Å². The summed E-state index contributed by atoms with van der Waals surface area (Å²) in [6.07, 6.45) is 6.44. The molecule has 1 aliphatic heterocycles. The molecule has 0 aromatic heterocycles. The van der Waals surface area contributed by atoms with Crippen LogP contribution in [0.15, 0.2) is 35.5 Å². The zero-order valence-corrected chi connectivity index (χ0v) is 16.2. The molecule has 152 valence electrons. The fourth-order valence-electron chi connectivity index (χ4n) is 4.31. The molecule has 2 bridgehead atoms. The van der Waals surface area contributed by atoms with Crippen LogP contribution in [0, 0.1) is 23.7 Å². The van der Waals surface area contributed by atoms with Crippen LogP contribution in [0.5, 0.6) is 11.5 Å². The third-order valence-electron chi connectivity index (χ3n) is 5.61. The minimum atomic E-state index is -0.502. The zero-order valence-electron chi connectivity index (χ0n) is 16.2. The highest BCUT2D eigenvalue weighted by Gasteiger charge is 2.59. The summed E-state index contributed by atoms with van der Waals surface area (Å²) in [4.78, 5) is 36.6. The molecule has 1 aromatic carbocycles. The van der Waals surface area contributed by atoms with Crippen LogP contribution in [0.2, 0.25) is 0 Å². The first-order valence-corrected chi connectivity index (χ1v) is 9.60. The Labute approximate surface area is 168 Å². The maximum atomic E-state index is 12.7. The van der Waals surface area contributed by atoms with Crippen molar-refractivity contribution in [3.8, 4) is 11.5 Å². The van der Waals surface area contributed by atoms with Crippen molar-refractivity contribution in [2.45, 2.75) is 13.3 Å². The smallest absolute Gasteiger partial charge is 0.343 e. The second kappa shape index (κ2) is 7.69. The molecule has 1 saturated heterocycles. The molecule has 4 atom stereocenters. The summed E-state index contributed by atoms with van der Waals surface area (Å²) in [5, 5.41) is 5.17. The van der Waals surface area contributed by atoms with Gasteiger partial charge in [0.25, 0.3) is 11.8 Å². The molecule has 8 heteroatoms. The number of imide groups is 1. The summed E-state index contributed by atoms with van der Waals surface area (Å²) in [6, 6.07) is 5.02. The number of nitrogens with zero attached hydrogens (tertiary/aromatic N) is 2. The molecule has 2 fully saturated rings. The first kappa shape index (κ1) is 19.2. The highest BCUT2D eigenvalue weighted by atomic mass is 16.6. The number of hydrazone groups is 1. The van der Waals surface area contributed by atoms with Crippen LogP contribution in [0.25, 0.3) is 0 Å². The van der Waals surface area contributed by atoms with Gasteiger partial charge in [-0.3, -0.25) is 9.59 Å². The van der Waals surface area contributed by atoms with Crippen LogP contribution in [0.3, 0.4) is 0 Å². The third kappa shape index (κ3) is 3.39. The largest absolute Gasteiger partial charge is 0.490 e. The number of amides is 2. The van der Waals surface area contributed by atoms with E-state index < -0.39 is 5.97 Å². The van der Waals surface area contributed by atoms with Crippen LogP contribution in [-0.4, -0.2) is 49.3 Å². The Bertz CT molecular complexity index is 878. The molecule has 2 amide bonds. The van der Waals surface area contributed by atoms with E-state index in [9.17, 15) is 14.4 Å². The Kier molecular flexibility index (Phi) is 5.08. The summed E-state index contributed by atoms with van der Waals surface area (Å²) in [7, 11) is 1.28. The Hall–Kier alpha value is -3.16. The molecule has 1 saturated carbocycles. The van der Waals surface area contributed by atoms with E-state index in [-0.39, 0.29) is 42.1 Å². The highest BCUT2D eigenvalue weighted by molar-refractivity contribution is 6.06. The SMILES string of the molecule is CCOc1cc(C=NN2C(=O)C3C4C=CC(C4)C3C2=O)ccc1OCC(=O)OC. The van der Waals surface area contributed by atoms with Crippen molar-refractivity contribution >= 4 is 24.0 Å². The van der Waals surface area contributed by atoms with Crippen LogP contribution in [-0.2, 0) is 19.1 Å². The van der Waals surface area contributed by atoms with Crippen LogP contribution in [0.1, 0.15) is 18.9 Å². The van der Waals surface area contributed by atoms with Gasteiger partial charge in [0.15, 0.2) is 18.1 Å². The van der Waals surface area contributed by atoms with Gasteiger partial charge in [0.1, 0.15) is 0 Å². The Morgan fingerprint density at radius 1 is 1.14 bits per heavy atom. The van der Waals surface area contributed by atoms with Gasteiger partial charge in [-0.2, -0.15) is 10.1 Å². The van der Waals surface area contributed by atoms with Gasteiger partial charge >= 0.3 is 5.97 Å². The predicted octanol–water partition coefficient (Wildman–Crippen LogP) is 1.78. The summed E-state index contributed by atoms with van der Waals surface area (Å²) in [5.74, 6) is -0.385. The normalized spacial score (nSPS) is 27.0. The molecule has 1 heterocycles. The summed E-state index contributed by atoms with van der Waals surface area (Å²) in [5.41, 5.74) is 0.637. The van der Waals surface area contributed by atoms with E-state index in [1.807, 2.05) is 19.1 Å². The molecule has 29 heavy (non-hydrogen) atoms. The van der Waals surface area contributed by atoms with Crippen molar-refractivity contribution in [1.29, 1.82) is 0 Å². The number of hydrogen-bond donors (Lipinski definition) is 0. The molecule has 0 spiro atoms. The number of hydrogen-bond acceptors (Lipinski definition) is 7. The van der Waals surface area contributed by atoms with Crippen LogP contribution < -0.4 is 9.47 Å². The average Bonchev–Trinajstić information content (AvgIpc) is 3.40. The summed E-state index contributed by atoms with van der Waals surface area (Å²) < 4.78 is 15.5. The molecule has 4 unspecified atom stereocenters. The third-order valence-corrected chi connectivity index (χ3v) is 5.61. The molecular formula is C21H22N2O6. The number of methoxy groups -OCH3 is 1. The molecule has 0 radical (unpaired) electrons. The number of benzene rings is 1. The van der Waals surface area contributed by atoms with E-state index in [0.29, 0.717) is 23.7 Å². The van der Waals surface area contributed by atoms with Gasteiger partial charge in [0.05, 0.1) is 31.8 Å². The van der Waals surface area contributed by atoms with Crippen molar-refractivity contribution in [2.75, 3.05) is 20.3 Å². The number of esters is 1. The lowest BCUT2D eigenvalue weighted by atomic mass is 9.85. The summed E-state index contributed by atoms with van der Waals surface area (Å²) in [6.45, 7) is 1.99. The van der Waals surface area contributed by atoms with Crippen molar-refractivity contribution in [1.82, 2.24) is 5.01 Å². The Morgan fingerprint density at radius 2 is 1.83 bits per heavy atom. The predicted molar refractivity (Wildman–Crippen MR) is 102 cm³/mol. The quantitative estimate of drug-likeness (QED) is 0.301. The number of carbonyl (C=O) groups excluding carboxylic acids is 3. The second-order valence-electron chi connectivity index (χ2n) is 7.24. The topological polar surface area (TPSA) is 94.5 Å². The van der Waals surface area contributed by atoms with Gasteiger partial charge in [-0.25, -0.2) is 4.79 Å². The molecule has 4 rings (SSSR count). The number of fused-ring (bicyclic) bond motifs is 5. The van der Waals surface area contributed by atoms with Gasteiger partial charge in [-0.15, -0.1) is 0 Å². The van der Waals surface area contributed by atoms with Gasteiger partial charge in [-0.1, -0.05) is 12.2 Å². The molecule has 0 N–H and O–H groups in total. The minimum absolute atomic E-state index is 0.150. The second-order valence-corrected chi connectivity index (χ2v) is 7.24. The molecular weight excluding hydrogens is 376 g/mol. The van der Waals surface area contributed by atoms with Crippen LogP contribution >= 0.6 is 0 Å². The molecule has 1 aromatic rings. The van der Waals surface area contributed by atoms with Crippen LogP contribution in [0.4, 0.5) is 0 Å². The van der Waals surface area contributed by atoms with E-state index in [0.717, 1.165) is 11.4 Å². The van der Waals surface area contributed by atoms with Gasteiger partial charge in [0.2, 0.25) is 0 Å². The lowest BCUT2D eigenvalue weighted by Crippen LogP contribution is -2.28. The maximum absolute atomic E-state index is 12.7. The van der Waals surface area contributed by atoms with Crippen molar-refractivity contribution in [2.24, 2.45) is 28.8 Å². The molecule has 2 aliphatic carbocycles. The van der Waals surface area contributed by atoms with E-state index in [2.05, 4.69) is 9.84 Å². The molecule has 8 nitrogen and oxygen atoms in total. The lowest BCUT2D eigenvalue weighted by molar-refractivity contribution is -0.143. The van der Waals surface area contributed by atoms with Gasteiger partial charge in [-0.05, 0) is 48.9 Å². The van der Waals surface area contributed by atoms with Crippen molar-refractivity contribution in [3.05, 3.63) is 35.9 Å². The Morgan fingerprint density at radius 3 is 2.45 bits per heavy atom. The fraction of sp³-hybridized carbons (Fsp3) is 0.429. The first-order chi connectivity index (χ1) is 14.0. The lowest BCUT2D eigenvalue weighted by Gasteiger charge is -2.13. The number of rotatable bonds is 7. The fourth-order valence-corrected chi connectivity index (χ4v) is 4.31.